The molecule has 4 N–H and O–H groups in total. The summed E-state index contributed by atoms with van der Waals surface area (Å²) in [6, 6.07) is 21.5. The number of benzene rings is 3. The number of phenols is 1. The molecule has 4 aliphatic rings. The molecule has 1 aromatic heterocycles. The van der Waals surface area contributed by atoms with Crippen LogP contribution in [0.1, 0.15) is 79.0 Å². The van der Waals surface area contributed by atoms with Crippen molar-refractivity contribution in [1.29, 1.82) is 0 Å². The molecule has 55 heavy (non-hydrogen) atoms. The molecule has 292 valence electrons. The normalized spacial score (nSPS) is 21.0. The zero-order valence-corrected chi connectivity index (χ0v) is 32.8. The van der Waals surface area contributed by atoms with Gasteiger partial charge in [-0.1, -0.05) is 47.0 Å². The molecule has 0 spiro atoms. The van der Waals surface area contributed by atoms with Crippen LogP contribution in [-0.2, 0) is 14.9 Å². The van der Waals surface area contributed by atoms with Gasteiger partial charge in [-0.25, -0.2) is 0 Å². The van der Waals surface area contributed by atoms with Crippen molar-refractivity contribution < 1.29 is 29.3 Å². The maximum Gasteiger partial charge on any atom is 0.317 e. The first-order chi connectivity index (χ1) is 26.7. The van der Waals surface area contributed by atoms with E-state index in [4.69, 9.17) is 9.47 Å². The predicted molar refractivity (Wildman–Crippen MR) is 214 cm³/mol. The fourth-order valence-electron chi connectivity index (χ4n) is 8.44. The third-order valence-electron chi connectivity index (χ3n) is 11.8. The van der Waals surface area contributed by atoms with E-state index in [1.807, 2.05) is 53.4 Å². The number of aromatic hydroxyl groups is 1. The van der Waals surface area contributed by atoms with E-state index in [-0.39, 0.29) is 29.3 Å². The Morgan fingerprint density at radius 2 is 1.64 bits per heavy atom. The first kappa shape index (κ1) is 39.0. The minimum absolute atomic E-state index is 0.0262. The van der Waals surface area contributed by atoms with E-state index in [2.05, 4.69) is 31.1 Å². The maximum absolute atomic E-state index is 14.0. The molecule has 12 heteroatoms. The van der Waals surface area contributed by atoms with Crippen LogP contribution in [0.15, 0.2) is 82.1 Å². The summed E-state index contributed by atoms with van der Waals surface area (Å²) in [6.07, 6.45) is 6.22. The summed E-state index contributed by atoms with van der Waals surface area (Å²) in [5, 5.41) is 24.7. The molecule has 0 saturated carbocycles. The molecule has 4 saturated heterocycles. The highest BCUT2D eigenvalue weighted by atomic mass is 79.9. The molecule has 4 fully saturated rings. The van der Waals surface area contributed by atoms with E-state index in [9.17, 15) is 24.6 Å². The number of aromatic nitrogens is 1. The molecule has 2 atom stereocenters. The van der Waals surface area contributed by atoms with Gasteiger partial charge in [0.25, 0.3) is 5.91 Å². The average molecular weight is 816 g/mol. The number of aliphatic hydroxyl groups excluding tert-OH is 1. The summed E-state index contributed by atoms with van der Waals surface area (Å²) in [7, 11) is 0. The van der Waals surface area contributed by atoms with Crippen LogP contribution in [0.25, 0.3) is 10.9 Å². The van der Waals surface area contributed by atoms with Gasteiger partial charge in [0.1, 0.15) is 17.6 Å². The molecule has 5 heterocycles. The Morgan fingerprint density at radius 1 is 0.909 bits per heavy atom. The van der Waals surface area contributed by atoms with Crippen LogP contribution >= 0.6 is 15.9 Å². The first-order valence-electron chi connectivity index (χ1n) is 19.7. The average Bonchev–Trinajstić information content (AvgIpc) is 3.21. The Bertz CT molecular complexity index is 1990. The van der Waals surface area contributed by atoms with Gasteiger partial charge in [-0.05, 0) is 124 Å². The van der Waals surface area contributed by atoms with Gasteiger partial charge < -0.3 is 34.9 Å². The third kappa shape index (κ3) is 9.09. The van der Waals surface area contributed by atoms with Crippen LogP contribution < -0.4 is 15.6 Å². The van der Waals surface area contributed by atoms with E-state index in [0.29, 0.717) is 67.0 Å². The van der Waals surface area contributed by atoms with E-state index in [1.54, 1.807) is 12.1 Å². The number of carbonyl (C=O) groups excluding carboxylic acids is 2. The van der Waals surface area contributed by atoms with Gasteiger partial charge in [0.15, 0.2) is 0 Å². The minimum Gasteiger partial charge on any atom is -0.506 e. The summed E-state index contributed by atoms with van der Waals surface area (Å²) >= 11 is 3.53. The van der Waals surface area contributed by atoms with Crippen LogP contribution in [0, 0.1) is 5.92 Å². The molecule has 0 aliphatic carbocycles. The lowest BCUT2D eigenvalue weighted by atomic mass is 9.72. The topological polar surface area (TPSA) is 144 Å². The molecule has 3 aromatic carbocycles. The monoisotopic (exact) mass is 814 g/mol. The zero-order valence-electron chi connectivity index (χ0n) is 31.2. The van der Waals surface area contributed by atoms with Crippen molar-refractivity contribution in [1.82, 2.24) is 20.1 Å². The van der Waals surface area contributed by atoms with Crippen LogP contribution in [0.4, 0.5) is 0 Å². The third-order valence-corrected chi connectivity index (χ3v) is 12.3. The number of carbonyl (C=O) groups is 2. The lowest BCUT2D eigenvalue weighted by molar-refractivity contribution is -0.167. The fraction of sp³-hybridized carbons (Fsp3) is 0.465. The maximum atomic E-state index is 14.0. The highest BCUT2D eigenvalue weighted by Crippen LogP contribution is 2.40. The zero-order chi connectivity index (χ0) is 38.4. The Kier molecular flexibility index (Phi) is 12.6. The number of piperidine rings is 4. The smallest absolute Gasteiger partial charge is 0.317 e. The fourth-order valence-corrected chi connectivity index (χ4v) is 8.70. The number of likely N-dealkylation sites (tertiary alicyclic amines) is 1. The van der Waals surface area contributed by atoms with Crippen molar-refractivity contribution in [2.45, 2.75) is 69.0 Å². The van der Waals surface area contributed by atoms with Crippen LogP contribution in [0.2, 0.25) is 0 Å². The van der Waals surface area contributed by atoms with Gasteiger partial charge in [0.05, 0.1) is 23.6 Å². The quantitative estimate of drug-likeness (QED) is 0.0831. The van der Waals surface area contributed by atoms with Gasteiger partial charge in [-0.2, -0.15) is 0 Å². The second-order valence-electron chi connectivity index (χ2n) is 15.3. The molecule has 8 rings (SSSR count). The molecule has 2 unspecified atom stereocenters. The van der Waals surface area contributed by atoms with E-state index in [1.165, 1.54) is 12.1 Å². The second kappa shape index (κ2) is 17.7. The number of aromatic amines is 1. The Balaban J connectivity index is 0.822. The summed E-state index contributed by atoms with van der Waals surface area (Å²) in [6.45, 7) is 5.63. The van der Waals surface area contributed by atoms with Crippen molar-refractivity contribution in [2.24, 2.45) is 5.92 Å². The lowest BCUT2D eigenvalue weighted by Crippen LogP contribution is -2.55. The number of pyridine rings is 1. The Hall–Kier alpha value is -4.23. The van der Waals surface area contributed by atoms with Gasteiger partial charge in [-0.15, -0.1) is 0 Å². The number of amides is 1. The number of fused-ring (bicyclic) bond motifs is 4. The number of H-pyrrole nitrogens is 1. The number of halogens is 1. The first-order valence-corrected chi connectivity index (χ1v) is 20.4. The number of nitrogens with zero attached hydrogens (tertiary/aromatic N) is 2. The number of ether oxygens (including phenoxy) is 2. The number of hydrogen-bond acceptors (Lipinski definition) is 9. The number of nitrogens with one attached hydrogen (secondary N) is 2. The molecule has 4 aliphatic heterocycles. The molecule has 2 bridgehead atoms. The minimum atomic E-state index is -0.783. The van der Waals surface area contributed by atoms with Crippen molar-refractivity contribution in [3.05, 3.63) is 104 Å². The molecule has 1 amide bonds. The number of esters is 1. The summed E-state index contributed by atoms with van der Waals surface area (Å²) in [5.41, 5.74) is 1.43. The molecular weight excluding hydrogens is 764 g/mol. The molecular formula is C43H51BrN4O7. The van der Waals surface area contributed by atoms with E-state index in [0.717, 1.165) is 80.5 Å². The highest BCUT2D eigenvalue weighted by Gasteiger charge is 2.47. The summed E-state index contributed by atoms with van der Waals surface area (Å²) in [5.74, 6) is 0.928. The van der Waals surface area contributed by atoms with E-state index >= 15 is 0 Å². The standard InChI is InChI=1S/C43H51BrN4O7/c44-32-9-7-31(8-10-32)43(42(53)55-38-28-47-22-17-29(38)18-23-47)19-24-48(25-20-43)41(52)30-5-11-33(12-6-30)54-26-4-2-1-3-21-45-27-37(50)34-13-15-36(49)40-35(34)14-16-39(51)46-40/h5-16,29,37-38,45,49-50H,1-4,17-28H2,(H,46,51). The molecule has 11 nitrogen and oxygen atoms in total. The van der Waals surface area contributed by atoms with Crippen molar-refractivity contribution in [3.8, 4) is 11.5 Å². The molecule has 4 aromatic rings. The number of hydrogen-bond donors (Lipinski definition) is 4. The second-order valence-corrected chi connectivity index (χ2v) is 16.2. The van der Waals surface area contributed by atoms with Crippen molar-refractivity contribution in [3.63, 3.8) is 0 Å². The van der Waals surface area contributed by atoms with Gasteiger partial charge in [-0.3, -0.25) is 19.3 Å². The summed E-state index contributed by atoms with van der Waals surface area (Å²) < 4.78 is 13.2. The largest absolute Gasteiger partial charge is 0.506 e. The number of phenolic OH excluding ortho intramolecular Hbond substituents is 1. The molecule has 0 radical (unpaired) electrons. The van der Waals surface area contributed by atoms with Gasteiger partial charge in [0.2, 0.25) is 5.56 Å². The lowest BCUT2D eigenvalue weighted by Gasteiger charge is -2.46. The van der Waals surface area contributed by atoms with Crippen LogP contribution in [-0.4, -0.2) is 95.4 Å². The van der Waals surface area contributed by atoms with Crippen LogP contribution in [0.5, 0.6) is 11.5 Å². The van der Waals surface area contributed by atoms with Gasteiger partial charge >= 0.3 is 5.97 Å². The van der Waals surface area contributed by atoms with Crippen LogP contribution in [0.3, 0.4) is 0 Å². The Labute approximate surface area is 330 Å². The summed E-state index contributed by atoms with van der Waals surface area (Å²) in [4.78, 5) is 46.2. The van der Waals surface area contributed by atoms with Gasteiger partial charge in [0, 0.05) is 47.7 Å². The number of aliphatic hydroxyl groups is 1. The Morgan fingerprint density at radius 3 is 2.35 bits per heavy atom. The van der Waals surface area contributed by atoms with E-state index < -0.39 is 11.5 Å². The SMILES string of the molecule is O=C(c1ccc(OCCCCCCNCC(O)c2ccc(O)c3[nH]c(=O)ccc23)cc1)N1CCC(C(=O)OC2CN3CCC2CC3)(c2ccc(Br)cc2)CC1. The van der Waals surface area contributed by atoms with Crippen molar-refractivity contribution in [2.75, 3.05) is 52.4 Å². The predicted octanol–water partition coefficient (Wildman–Crippen LogP) is 6.07. The highest BCUT2D eigenvalue weighted by molar-refractivity contribution is 9.10. The number of unbranched alkanes of at least 4 members (excludes halogenated alkanes) is 3. The van der Waals surface area contributed by atoms with Crippen molar-refractivity contribution >= 4 is 38.7 Å². The number of rotatable bonds is 15.